The minimum Gasteiger partial charge on any atom is -0.496 e. The van der Waals surface area contributed by atoms with E-state index in [4.69, 9.17) is 4.74 Å². The van der Waals surface area contributed by atoms with E-state index < -0.39 is 0 Å². The molecule has 1 aliphatic rings. The van der Waals surface area contributed by atoms with Crippen molar-refractivity contribution >= 4 is 35.8 Å². The van der Waals surface area contributed by atoms with E-state index in [0.717, 1.165) is 42.7 Å². The number of para-hydroxylation sites is 1. The number of ether oxygens (including phenoxy) is 1. The number of hydrogen-bond donors (Lipinski definition) is 1. The van der Waals surface area contributed by atoms with Gasteiger partial charge >= 0.3 is 0 Å². The number of aliphatic imine (C=N–C) groups is 1. The predicted molar refractivity (Wildman–Crippen MR) is 126 cm³/mol. The molecule has 0 atom stereocenters. The Morgan fingerprint density at radius 3 is 2.71 bits per heavy atom. The van der Waals surface area contributed by atoms with Crippen LogP contribution in [0.1, 0.15) is 24.0 Å². The van der Waals surface area contributed by atoms with E-state index in [9.17, 15) is 0 Å². The van der Waals surface area contributed by atoms with Crippen LogP contribution in [-0.4, -0.2) is 50.1 Å². The molecule has 0 saturated carbocycles. The number of nitrogens with one attached hydrogen (secondary N) is 1. The molecule has 1 aliphatic heterocycles. The molecule has 0 amide bonds. The number of guanidine groups is 1. The second kappa shape index (κ2) is 11.1. The zero-order valence-corrected chi connectivity index (χ0v) is 19.2. The lowest BCUT2D eigenvalue weighted by Gasteiger charge is -2.23. The van der Waals surface area contributed by atoms with E-state index in [-0.39, 0.29) is 24.0 Å². The van der Waals surface area contributed by atoms with Crippen molar-refractivity contribution in [1.82, 2.24) is 15.2 Å². The van der Waals surface area contributed by atoms with Gasteiger partial charge in [0.2, 0.25) is 0 Å². The molecule has 2 aromatic rings. The summed E-state index contributed by atoms with van der Waals surface area (Å²) in [5, 5.41) is 3.45. The van der Waals surface area contributed by atoms with E-state index in [0.29, 0.717) is 6.54 Å². The highest BCUT2D eigenvalue weighted by atomic mass is 127. The summed E-state index contributed by atoms with van der Waals surface area (Å²) in [5.74, 6) is 2.81. The predicted octanol–water partition coefficient (Wildman–Crippen LogP) is 3.52. The van der Waals surface area contributed by atoms with Crippen LogP contribution in [0.15, 0.2) is 47.6 Å². The van der Waals surface area contributed by atoms with E-state index in [2.05, 4.69) is 43.3 Å². The first-order chi connectivity index (χ1) is 13.2. The zero-order chi connectivity index (χ0) is 19.1. The summed E-state index contributed by atoms with van der Waals surface area (Å²) in [5.41, 5.74) is 2.34. The van der Waals surface area contributed by atoms with Crippen molar-refractivity contribution in [2.24, 2.45) is 4.99 Å². The van der Waals surface area contributed by atoms with Crippen molar-refractivity contribution in [2.45, 2.75) is 25.9 Å². The Morgan fingerprint density at radius 2 is 2.00 bits per heavy atom. The molecule has 1 aromatic carbocycles. The Morgan fingerprint density at radius 1 is 1.25 bits per heavy atom. The Kier molecular flexibility index (Phi) is 8.82. The molecule has 1 fully saturated rings. The minimum atomic E-state index is 0. The molecule has 1 saturated heterocycles. The topological polar surface area (TPSA) is 53.0 Å². The summed E-state index contributed by atoms with van der Waals surface area (Å²) in [4.78, 5) is 13.4. The van der Waals surface area contributed by atoms with Crippen LogP contribution >= 0.6 is 24.0 Å². The third-order valence-electron chi connectivity index (χ3n) is 4.86. The number of hydrogen-bond acceptors (Lipinski definition) is 4. The highest BCUT2D eigenvalue weighted by Crippen LogP contribution is 2.20. The molecule has 28 heavy (non-hydrogen) atoms. The largest absolute Gasteiger partial charge is 0.496 e. The van der Waals surface area contributed by atoms with Gasteiger partial charge in [0, 0.05) is 52.0 Å². The Bertz CT molecular complexity index is 777. The average Bonchev–Trinajstić information content (AvgIpc) is 3.24. The number of rotatable bonds is 6. The van der Waals surface area contributed by atoms with Gasteiger partial charge in [-0.2, -0.15) is 0 Å². The first-order valence-electron chi connectivity index (χ1n) is 9.45. The molecule has 1 aromatic heterocycles. The standard InChI is InChI=1S/C21H29N5O.HI/c1-22-21(25(2)16-18-8-4-5-9-19(18)27-3)24-15-17-10-11-23-20(14-17)26-12-6-7-13-26;/h4-5,8-11,14H,6-7,12-13,15-16H2,1-3H3,(H,22,24);1H. The molecule has 0 aliphatic carbocycles. The number of anilines is 1. The number of aromatic nitrogens is 1. The fraction of sp³-hybridized carbons (Fsp3) is 0.429. The van der Waals surface area contributed by atoms with E-state index in [1.165, 1.54) is 18.4 Å². The maximum atomic E-state index is 5.45. The summed E-state index contributed by atoms with van der Waals surface area (Å²) in [6.07, 6.45) is 4.40. The normalized spacial score (nSPS) is 13.8. The van der Waals surface area contributed by atoms with Crippen LogP contribution in [0, 0.1) is 0 Å². The smallest absolute Gasteiger partial charge is 0.193 e. The van der Waals surface area contributed by atoms with Gasteiger partial charge in [-0.1, -0.05) is 18.2 Å². The van der Waals surface area contributed by atoms with Gasteiger partial charge in [-0.25, -0.2) is 4.98 Å². The molecule has 0 unspecified atom stereocenters. The van der Waals surface area contributed by atoms with Crippen molar-refractivity contribution in [3.63, 3.8) is 0 Å². The minimum absolute atomic E-state index is 0. The van der Waals surface area contributed by atoms with Crippen molar-refractivity contribution in [2.75, 3.05) is 39.2 Å². The summed E-state index contributed by atoms with van der Waals surface area (Å²) in [7, 11) is 5.54. The lowest BCUT2D eigenvalue weighted by atomic mass is 10.2. The van der Waals surface area contributed by atoms with Gasteiger partial charge in [0.25, 0.3) is 0 Å². The van der Waals surface area contributed by atoms with Crippen LogP contribution in [-0.2, 0) is 13.1 Å². The second-order valence-corrected chi connectivity index (χ2v) is 6.79. The summed E-state index contributed by atoms with van der Waals surface area (Å²) < 4.78 is 5.45. The fourth-order valence-corrected chi connectivity index (χ4v) is 3.42. The number of nitrogens with zero attached hydrogens (tertiary/aromatic N) is 4. The highest BCUT2D eigenvalue weighted by molar-refractivity contribution is 14.0. The number of halogens is 1. The lowest BCUT2D eigenvalue weighted by molar-refractivity contribution is 0.396. The highest BCUT2D eigenvalue weighted by Gasteiger charge is 2.14. The van der Waals surface area contributed by atoms with Crippen LogP contribution in [0.2, 0.25) is 0 Å². The quantitative estimate of drug-likeness (QED) is 0.378. The van der Waals surface area contributed by atoms with Crippen LogP contribution in [0.25, 0.3) is 0 Å². The van der Waals surface area contributed by atoms with Crippen LogP contribution in [0.5, 0.6) is 5.75 Å². The first kappa shape index (κ1) is 22.3. The van der Waals surface area contributed by atoms with E-state index >= 15 is 0 Å². The van der Waals surface area contributed by atoms with Gasteiger partial charge in [0.1, 0.15) is 11.6 Å². The number of pyridine rings is 1. The van der Waals surface area contributed by atoms with E-state index in [1.807, 2.05) is 38.5 Å². The lowest BCUT2D eigenvalue weighted by Crippen LogP contribution is -2.38. The summed E-state index contributed by atoms with van der Waals surface area (Å²) in [6, 6.07) is 12.3. The van der Waals surface area contributed by atoms with Crippen molar-refractivity contribution < 1.29 is 4.74 Å². The molecule has 152 valence electrons. The van der Waals surface area contributed by atoms with Crippen molar-refractivity contribution in [3.8, 4) is 5.75 Å². The Hall–Kier alpha value is -2.03. The fourth-order valence-electron chi connectivity index (χ4n) is 3.42. The van der Waals surface area contributed by atoms with E-state index in [1.54, 1.807) is 7.11 Å². The van der Waals surface area contributed by atoms with Crippen molar-refractivity contribution in [3.05, 3.63) is 53.7 Å². The van der Waals surface area contributed by atoms with Gasteiger partial charge in [0.15, 0.2) is 5.96 Å². The molecular formula is C21H30IN5O. The van der Waals surface area contributed by atoms with Gasteiger partial charge in [-0.15, -0.1) is 24.0 Å². The molecule has 0 bridgehead atoms. The number of methoxy groups -OCH3 is 1. The van der Waals surface area contributed by atoms with Gasteiger partial charge in [0.05, 0.1) is 7.11 Å². The van der Waals surface area contributed by atoms with Crippen LogP contribution in [0.3, 0.4) is 0 Å². The van der Waals surface area contributed by atoms with Gasteiger partial charge in [-0.3, -0.25) is 4.99 Å². The van der Waals surface area contributed by atoms with Crippen LogP contribution in [0.4, 0.5) is 5.82 Å². The van der Waals surface area contributed by atoms with Gasteiger partial charge in [-0.05, 0) is 36.6 Å². The average molecular weight is 495 g/mol. The first-order valence-corrected chi connectivity index (χ1v) is 9.45. The molecule has 1 N–H and O–H groups in total. The Labute approximate surface area is 185 Å². The molecule has 3 rings (SSSR count). The third-order valence-corrected chi connectivity index (χ3v) is 4.86. The SMILES string of the molecule is CN=C(NCc1ccnc(N2CCCC2)c1)N(C)Cc1ccccc1OC.I. The second-order valence-electron chi connectivity index (χ2n) is 6.79. The summed E-state index contributed by atoms with van der Waals surface area (Å²) >= 11 is 0. The third kappa shape index (κ3) is 5.73. The molecule has 2 heterocycles. The summed E-state index contributed by atoms with van der Waals surface area (Å²) in [6.45, 7) is 3.64. The molecular weight excluding hydrogens is 465 g/mol. The monoisotopic (exact) mass is 495 g/mol. The van der Waals surface area contributed by atoms with Gasteiger partial charge < -0.3 is 19.9 Å². The number of benzene rings is 1. The molecule has 0 spiro atoms. The molecule has 6 nitrogen and oxygen atoms in total. The maximum Gasteiger partial charge on any atom is 0.193 e. The Balaban J connectivity index is 0.00000280. The molecule has 7 heteroatoms. The maximum absolute atomic E-state index is 5.45. The zero-order valence-electron chi connectivity index (χ0n) is 16.9. The van der Waals surface area contributed by atoms with Crippen molar-refractivity contribution in [1.29, 1.82) is 0 Å². The van der Waals surface area contributed by atoms with Crippen LogP contribution < -0.4 is 15.0 Å². The molecule has 0 radical (unpaired) electrons.